The molecule has 6 nitrogen and oxygen atoms in total. The van der Waals surface area contributed by atoms with Crippen LogP contribution in [0.5, 0.6) is 0 Å². The SMILES string of the molecule is CCN(CC)Cc1oc(C(C)(C)C)cc1C(=O)N1C2CCC1CC(O)(c1ccncc1)C2. The molecule has 1 N–H and O–H groups in total. The van der Waals surface area contributed by atoms with Crippen molar-refractivity contribution < 1.29 is 14.3 Å². The van der Waals surface area contributed by atoms with E-state index in [0.29, 0.717) is 24.9 Å². The maximum absolute atomic E-state index is 13.9. The number of aromatic nitrogens is 1. The minimum absolute atomic E-state index is 0.0358. The van der Waals surface area contributed by atoms with E-state index in [2.05, 4.69) is 44.5 Å². The van der Waals surface area contributed by atoms with Crippen molar-refractivity contribution in [3.63, 3.8) is 0 Å². The number of pyridine rings is 1. The van der Waals surface area contributed by atoms with Gasteiger partial charge in [-0.2, -0.15) is 0 Å². The normalized spacial score (nSPS) is 25.5. The van der Waals surface area contributed by atoms with Crippen LogP contribution < -0.4 is 0 Å². The summed E-state index contributed by atoms with van der Waals surface area (Å²) >= 11 is 0. The third-order valence-electron chi connectivity index (χ3n) is 7.26. The number of furan rings is 1. The van der Waals surface area contributed by atoms with Gasteiger partial charge in [0.25, 0.3) is 5.91 Å². The zero-order valence-corrected chi connectivity index (χ0v) is 20.1. The van der Waals surface area contributed by atoms with Gasteiger partial charge in [-0.1, -0.05) is 34.6 Å². The number of hydrogen-bond acceptors (Lipinski definition) is 5. The number of fused-ring (bicyclic) bond motifs is 2. The second kappa shape index (κ2) is 8.64. The second-order valence-electron chi connectivity index (χ2n) is 10.4. The number of carbonyl (C=O) groups excluding carboxylic acids is 1. The molecule has 2 aromatic heterocycles. The fourth-order valence-electron chi connectivity index (χ4n) is 5.34. The van der Waals surface area contributed by atoms with Crippen LogP contribution in [0.2, 0.25) is 0 Å². The largest absolute Gasteiger partial charge is 0.463 e. The minimum Gasteiger partial charge on any atom is -0.463 e. The van der Waals surface area contributed by atoms with Crippen molar-refractivity contribution in [3.8, 4) is 0 Å². The molecular weight excluding hydrogens is 402 g/mol. The van der Waals surface area contributed by atoms with Crippen molar-refractivity contribution >= 4 is 5.91 Å². The van der Waals surface area contributed by atoms with Gasteiger partial charge in [-0.15, -0.1) is 0 Å². The van der Waals surface area contributed by atoms with Crippen LogP contribution in [0.1, 0.15) is 87.7 Å². The van der Waals surface area contributed by atoms with Crippen LogP contribution >= 0.6 is 0 Å². The lowest BCUT2D eigenvalue weighted by Crippen LogP contribution is -2.52. The molecule has 2 bridgehead atoms. The van der Waals surface area contributed by atoms with Crippen LogP contribution in [0.3, 0.4) is 0 Å². The Bertz CT molecular complexity index is 929. The van der Waals surface area contributed by atoms with Crippen molar-refractivity contribution in [2.45, 2.75) is 89.9 Å². The van der Waals surface area contributed by atoms with Crippen LogP contribution in [-0.4, -0.2) is 51.0 Å². The third kappa shape index (κ3) is 4.23. The van der Waals surface area contributed by atoms with Gasteiger partial charge in [0.1, 0.15) is 11.5 Å². The number of nitrogens with zero attached hydrogens (tertiary/aromatic N) is 3. The molecule has 2 atom stereocenters. The first kappa shape index (κ1) is 23.0. The molecule has 1 amide bonds. The van der Waals surface area contributed by atoms with Crippen LogP contribution in [0.25, 0.3) is 0 Å². The van der Waals surface area contributed by atoms with E-state index < -0.39 is 5.60 Å². The predicted molar refractivity (Wildman–Crippen MR) is 124 cm³/mol. The van der Waals surface area contributed by atoms with Crippen molar-refractivity contribution in [2.24, 2.45) is 0 Å². The number of rotatable bonds is 6. The average molecular weight is 440 g/mol. The highest BCUT2D eigenvalue weighted by molar-refractivity contribution is 5.96. The third-order valence-corrected chi connectivity index (χ3v) is 7.26. The first-order chi connectivity index (χ1) is 15.2. The van der Waals surface area contributed by atoms with Gasteiger partial charge in [-0.05, 0) is 49.7 Å². The summed E-state index contributed by atoms with van der Waals surface area (Å²) in [5.74, 6) is 1.66. The Morgan fingerprint density at radius 1 is 1.19 bits per heavy atom. The number of aliphatic hydroxyl groups is 1. The number of piperidine rings is 1. The smallest absolute Gasteiger partial charge is 0.257 e. The van der Waals surface area contributed by atoms with E-state index in [1.165, 1.54) is 0 Å². The van der Waals surface area contributed by atoms with Crippen LogP contribution in [0.4, 0.5) is 0 Å². The zero-order valence-electron chi connectivity index (χ0n) is 20.1. The van der Waals surface area contributed by atoms with E-state index in [1.807, 2.05) is 23.1 Å². The molecule has 32 heavy (non-hydrogen) atoms. The maximum atomic E-state index is 13.9. The molecule has 2 unspecified atom stereocenters. The van der Waals surface area contributed by atoms with Gasteiger partial charge in [-0.25, -0.2) is 0 Å². The van der Waals surface area contributed by atoms with Gasteiger partial charge < -0.3 is 14.4 Å². The van der Waals surface area contributed by atoms with Gasteiger partial charge in [0, 0.05) is 42.7 Å². The van der Waals surface area contributed by atoms with E-state index in [9.17, 15) is 9.90 Å². The Morgan fingerprint density at radius 3 is 2.31 bits per heavy atom. The number of carbonyl (C=O) groups is 1. The molecule has 4 rings (SSSR count). The second-order valence-corrected chi connectivity index (χ2v) is 10.4. The van der Waals surface area contributed by atoms with Gasteiger partial charge in [0.2, 0.25) is 0 Å². The quantitative estimate of drug-likeness (QED) is 0.719. The van der Waals surface area contributed by atoms with Gasteiger partial charge in [-0.3, -0.25) is 14.7 Å². The standard InChI is InChI=1S/C26H37N3O3/c1-6-28(7-2)17-22-21(14-23(32-22)25(3,4)5)24(30)29-19-8-9-20(29)16-26(31,15-19)18-10-12-27-13-11-18/h10-14,19-20,31H,6-9,15-17H2,1-5H3. The van der Waals surface area contributed by atoms with Crippen molar-refractivity contribution in [1.82, 2.24) is 14.8 Å². The number of amides is 1. The summed E-state index contributed by atoms with van der Waals surface area (Å²) in [6, 6.07) is 5.82. The Morgan fingerprint density at radius 2 is 1.78 bits per heavy atom. The minimum atomic E-state index is -0.900. The Balaban J connectivity index is 1.63. The van der Waals surface area contributed by atoms with E-state index >= 15 is 0 Å². The Kier molecular flexibility index (Phi) is 6.21. The lowest BCUT2D eigenvalue weighted by atomic mass is 9.80. The fourth-order valence-corrected chi connectivity index (χ4v) is 5.34. The molecule has 0 aliphatic carbocycles. The van der Waals surface area contributed by atoms with E-state index in [-0.39, 0.29) is 23.4 Å². The van der Waals surface area contributed by atoms with E-state index in [1.54, 1.807) is 12.4 Å². The van der Waals surface area contributed by atoms with Gasteiger partial charge in [0.05, 0.1) is 17.7 Å². The molecule has 0 aromatic carbocycles. The molecule has 2 fully saturated rings. The summed E-state index contributed by atoms with van der Waals surface area (Å²) in [5.41, 5.74) is 0.520. The summed E-state index contributed by atoms with van der Waals surface area (Å²) in [7, 11) is 0. The molecule has 0 spiro atoms. The summed E-state index contributed by atoms with van der Waals surface area (Å²) in [6.45, 7) is 13.0. The Hall–Kier alpha value is -2.18. The van der Waals surface area contributed by atoms with E-state index in [4.69, 9.17) is 4.42 Å². The highest BCUT2D eigenvalue weighted by Gasteiger charge is 2.50. The predicted octanol–water partition coefficient (Wildman–Crippen LogP) is 4.47. The molecule has 2 saturated heterocycles. The van der Waals surface area contributed by atoms with E-state index in [0.717, 1.165) is 43.0 Å². The zero-order chi connectivity index (χ0) is 23.1. The first-order valence-electron chi connectivity index (χ1n) is 12.0. The topological polar surface area (TPSA) is 69.8 Å². The monoisotopic (exact) mass is 439 g/mol. The lowest BCUT2D eigenvalue weighted by molar-refractivity contribution is -0.0480. The molecule has 4 heterocycles. The highest BCUT2D eigenvalue weighted by Crippen LogP contribution is 2.46. The molecule has 2 aliphatic rings. The first-order valence-corrected chi connectivity index (χ1v) is 12.0. The van der Waals surface area contributed by atoms with Crippen LogP contribution in [0, 0.1) is 0 Å². The molecular formula is C26H37N3O3. The Labute approximate surface area is 191 Å². The molecule has 174 valence electrons. The summed E-state index contributed by atoms with van der Waals surface area (Å²) in [5, 5.41) is 11.5. The molecule has 6 heteroatoms. The molecule has 0 saturated carbocycles. The highest BCUT2D eigenvalue weighted by atomic mass is 16.3. The van der Waals surface area contributed by atoms with Crippen LogP contribution in [-0.2, 0) is 17.6 Å². The average Bonchev–Trinajstić information content (AvgIpc) is 3.32. The van der Waals surface area contributed by atoms with Crippen LogP contribution in [0.15, 0.2) is 35.0 Å². The maximum Gasteiger partial charge on any atom is 0.257 e. The summed E-state index contributed by atoms with van der Waals surface area (Å²) in [6.07, 6.45) is 6.44. The number of hydrogen-bond donors (Lipinski definition) is 1. The molecule has 2 aromatic rings. The van der Waals surface area contributed by atoms with Gasteiger partial charge in [0.15, 0.2) is 0 Å². The summed E-state index contributed by atoms with van der Waals surface area (Å²) in [4.78, 5) is 22.3. The molecule has 2 aliphatic heterocycles. The van der Waals surface area contributed by atoms with Crippen molar-refractivity contribution in [3.05, 3.63) is 53.2 Å². The fraction of sp³-hybridized carbons (Fsp3) is 0.615. The summed E-state index contributed by atoms with van der Waals surface area (Å²) < 4.78 is 6.28. The van der Waals surface area contributed by atoms with Gasteiger partial charge >= 0.3 is 0 Å². The van der Waals surface area contributed by atoms with Crippen molar-refractivity contribution in [2.75, 3.05) is 13.1 Å². The molecule has 0 radical (unpaired) electrons. The lowest BCUT2D eigenvalue weighted by Gasteiger charge is -2.44. The van der Waals surface area contributed by atoms with Crippen molar-refractivity contribution in [1.29, 1.82) is 0 Å².